The molecule has 0 fully saturated rings. The summed E-state index contributed by atoms with van der Waals surface area (Å²) >= 11 is 0. The van der Waals surface area contributed by atoms with Gasteiger partial charge in [0.05, 0.1) is 7.92 Å². The monoisotopic (exact) mass is 652 g/mol. The number of hydrogen-bond donors (Lipinski definition) is 1. The van der Waals surface area contributed by atoms with Gasteiger partial charge in [-0.3, -0.25) is 0 Å². The maximum Gasteiger partial charge on any atom is 0.115 e. The predicted octanol–water partition coefficient (Wildman–Crippen LogP) is 5.82. The Balaban J connectivity index is 0.000000672. The smallest absolute Gasteiger partial charge is 0.115 e. The van der Waals surface area contributed by atoms with E-state index >= 15 is 0 Å². The van der Waals surface area contributed by atoms with Crippen LogP contribution in [0.1, 0.15) is 76.3 Å². The first-order chi connectivity index (χ1) is 18.7. The molecule has 4 aromatic carbocycles. The van der Waals surface area contributed by atoms with E-state index in [1.807, 2.05) is 48.5 Å². The van der Waals surface area contributed by atoms with Crippen molar-refractivity contribution in [2.75, 3.05) is 0 Å². The molecule has 4 rings (SSSR count). The van der Waals surface area contributed by atoms with Gasteiger partial charge in [-0.05, 0) is 85.3 Å². The highest BCUT2D eigenvalue weighted by Gasteiger charge is 2.25. The summed E-state index contributed by atoms with van der Waals surface area (Å²) < 4.78 is 0. The molecular formula is C36H46IOP. The molecule has 0 amide bonds. The fourth-order valence-electron chi connectivity index (χ4n) is 4.70. The molecule has 0 aliphatic heterocycles. The third-order valence-corrected chi connectivity index (χ3v) is 9.68. The number of halogens is 1. The molecule has 0 saturated heterocycles. The highest BCUT2D eigenvalue weighted by atomic mass is 127. The predicted molar refractivity (Wildman–Crippen MR) is 170 cm³/mol. The molecule has 208 valence electrons. The Morgan fingerprint density at radius 3 is 1.13 bits per heavy atom. The molecule has 1 nitrogen and oxygen atoms in total. The van der Waals surface area contributed by atoms with Crippen LogP contribution >= 0.6 is 7.92 Å². The van der Waals surface area contributed by atoms with Gasteiger partial charge >= 0.3 is 0 Å². The second-order valence-corrected chi connectivity index (χ2v) is 12.6. The molecule has 0 unspecified atom stereocenters. The fourth-order valence-corrected chi connectivity index (χ4v) is 7.20. The number of rotatable bonds is 13. The van der Waals surface area contributed by atoms with Crippen LogP contribution in [-0.2, 0) is 12.8 Å². The van der Waals surface area contributed by atoms with E-state index in [9.17, 15) is 5.11 Å². The summed E-state index contributed by atoms with van der Waals surface area (Å²) in [5, 5.41) is 13.9. The number of aromatic hydroxyl groups is 1. The first-order valence-electron chi connectivity index (χ1n) is 14.6. The van der Waals surface area contributed by atoms with Crippen LogP contribution in [0.15, 0.2) is 109 Å². The summed E-state index contributed by atoms with van der Waals surface area (Å²) in [4.78, 5) is 0. The fraction of sp³-hybridized carbons (Fsp3) is 0.333. The molecule has 3 heteroatoms. The second kappa shape index (κ2) is 19.8. The molecule has 0 heterocycles. The van der Waals surface area contributed by atoms with Gasteiger partial charge < -0.3 is 29.1 Å². The molecule has 0 spiro atoms. The lowest BCUT2D eigenvalue weighted by molar-refractivity contribution is -0.00000876. The van der Waals surface area contributed by atoms with Crippen molar-refractivity contribution in [3.63, 3.8) is 0 Å². The minimum Gasteiger partial charge on any atom is -1.00 e. The molecule has 39 heavy (non-hydrogen) atoms. The normalized spacial score (nSPS) is 10.4. The van der Waals surface area contributed by atoms with Gasteiger partial charge in [-0.25, -0.2) is 0 Å². The largest absolute Gasteiger partial charge is 1.00 e. The Morgan fingerprint density at radius 2 is 0.795 bits per heavy atom. The lowest BCUT2D eigenvalue weighted by atomic mass is 10.1. The van der Waals surface area contributed by atoms with Crippen LogP contribution < -0.4 is 39.9 Å². The summed E-state index contributed by atoms with van der Waals surface area (Å²) in [5.74, 6) is 0.333. The Morgan fingerprint density at radius 1 is 0.462 bits per heavy atom. The van der Waals surface area contributed by atoms with Crippen molar-refractivity contribution >= 4 is 23.8 Å². The zero-order valence-electron chi connectivity index (χ0n) is 23.8. The quantitative estimate of drug-likeness (QED) is 0.110. The summed E-state index contributed by atoms with van der Waals surface area (Å²) in [7, 11) is -1.09. The van der Waals surface area contributed by atoms with Crippen molar-refractivity contribution in [3.8, 4) is 5.75 Å². The lowest BCUT2D eigenvalue weighted by Gasteiger charge is -2.12. The Labute approximate surface area is 255 Å². The lowest BCUT2D eigenvalue weighted by Crippen LogP contribution is -3.00. The van der Waals surface area contributed by atoms with Gasteiger partial charge in [0.15, 0.2) is 0 Å². The van der Waals surface area contributed by atoms with Crippen LogP contribution in [-0.4, -0.2) is 5.11 Å². The zero-order valence-corrected chi connectivity index (χ0v) is 26.9. The van der Waals surface area contributed by atoms with Crippen molar-refractivity contribution in [2.24, 2.45) is 0 Å². The van der Waals surface area contributed by atoms with Crippen molar-refractivity contribution in [1.29, 1.82) is 0 Å². The molecule has 1 N–H and O–H groups in total. The first kappa shape index (κ1) is 33.0. The van der Waals surface area contributed by atoms with Gasteiger partial charge in [0.1, 0.15) is 21.7 Å². The molecule has 4 aromatic rings. The van der Waals surface area contributed by atoms with E-state index in [0.29, 0.717) is 5.75 Å². The summed E-state index contributed by atoms with van der Waals surface area (Å²) in [6.45, 7) is 4.53. The summed E-state index contributed by atoms with van der Waals surface area (Å²) in [5.41, 5.74) is 2.89. The molecule has 0 aliphatic carbocycles. The van der Waals surface area contributed by atoms with Crippen LogP contribution in [0.3, 0.4) is 0 Å². The first-order valence-corrected chi connectivity index (χ1v) is 16.1. The van der Waals surface area contributed by atoms with Gasteiger partial charge in [0, 0.05) is 0 Å². The average molecular weight is 653 g/mol. The maximum absolute atomic E-state index is 9.80. The molecule has 0 atom stereocenters. The van der Waals surface area contributed by atoms with Crippen molar-refractivity contribution in [1.82, 2.24) is 0 Å². The Hall–Kier alpha value is -2.16. The van der Waals surface area contributed by atoms with Crippen LogP contribution in [0.2, 0.25) is 0 Å². The van der Waals surface area contributed by atoms with Crippen molar-refractivity contribution in [2.45, 2.75) is 78.1 Å². The number of phenols is 1. The molecule has 0 aliphatic rings. The number of benzene rings is 4. The van der Waals surface area contributed by atoms with Crippen LogP contribution in [0.4, 0.5) is 0 Å². The third-order valence-electron chi connectivity index (χ3n) is 6.95. The van der Waals surface area contributed by atoms with E-state index in [0.717, 1.165) is 0 Å². The Bertz CT molecular complexity index is 1040. The van der Waals surface area contributed by atoms with Gasteiger partial charge in [-0.2, -0.15) is 0 Å². The van der Waals surface area contributed by atoms with Crippen LogP contribution in [0.5, 0.6) is 5.75 Å². The van der Waals surface area contributed by atoms with Crippen LogP contribution in [0.25, 0.3) is 0 Å². The topological polar surface area (TPSA) is 20.2 Å². The van der Waals surface area contributed by atoms with Crippen LogP contribution in [0, 0.1) is 0 Å². The number of hydrogen-bond acceptors (Lipinski definition) is 1. The molecule has 0 aromatic heterocycles. The second-order valence-electron chi connectivity index (χ2n) is 10.1. The minimum absolute atomic E-state index is 0. The summed E-state index contributed by atoms with van der Waals surface area (Å²) in [6, 6.07) is 38.5. The van der Waals surface area contributed by atoms with Crippen molar-refractivity contribution < 1.29 is 29.1 Å². The standard InChI is InChI=1S/C30H39OP.C6H6.HI/c1-3-5-7-9-11-25-13-19-28(20-14-25)32(30-23-17-27(31)18-24-30)29-21-15-26(16-22-29)12-10-8-6-4-2;1-2-4-6-5-3-1;/h13-24,31H,3-12H2,1-2H3;1-6H;1H. The molecule has 0 bridgehead atoms. The highest BCUT2D eigenvalue weighted by Crippen LogP contribution is 2.33. The maximum atomic E-state index is 9.80. The number of phenolic OH excluding ortho intramolecular Hbond substituents is 1. The highest BCUT2D eigenvalue weighted by molar-refractivity contribution is 7.79. The van der Waals surface area contributed by atoms with E-state index in [2.05, 4.69) is 74.5 Å². The van der Waals surface area contributed by atoms with E-state index in [4.69, 9.17) is 0 Å². The van der Waals surface area contributed by atoms with Gasteiger partial charge in [-0.15, -0.1) is 0 Å². The average Bonchev–Trinajstić information content (AvgIpc) is 2.97. The Kier molecular flexibility index (Phi) is 16.8. The zero-order chi connectivity index (χ0) is 26.8. The van der Waals surface area contributed by atoms with E-state index in [1.54, 1.807) is 0 Å². The molecular weight excluding hydrogens is 606 g/mol. The summed E-state index contributed by atoms with van der Waals surface area (Å²) in [6.07, 6.45) is 12.8. The van der Waals surface area contributed by atoms with E-state index < -0.39 is 7.92 Å². The molecule has 0 saturated carbocycles. The minimum atomic E-state index is -1.09. The van der Waals surface area contributed by atoms with Crippen molar-refractivity contribution in [3.05, 3.63) is 120 Å². The third kappa shape index (κ3) is 12.3. The van der Waals surface area contributed by atoms with E-state index in [-0.39, 0.29) is 24.0 Å². The number of aryl methyl sites for hydroxylation is 2. The van der Waals surface area contributed by atoms with Gasteiger partial charge in [-0.1, -0.05) is 113 Å². The number of unbranched alkanes of at least 4 members (excludes halogenated alkanes) is 6. The van der Waals surface area contributed by atoms with E-state index in [1.165, 1.54) is 91.2 Å². The SMILES string of the molecule is CCCCCCc1ccc([PH+](c2ccc(O)cc2)c2ccc(CCCCCC)cc2)cc1.[I-].c1ccccc1. The van der Waals surface area contributed by atoms with Gasteiger partial charge in [0.25, 0.3) is 0 Å². The molecule has 0 radical (unpaired) electrons. The van der Waals surface area contributed by atoms with Gasteiger partial charge in [0.2, 0.25) is 0 Å².